The van der Waals surface area contributed by atoms with Crippen LogP contribution in [0.15, 0.2) is 12.2 Å². The average molecular weight is 628 g/mol. The van der Waals surface area contributed by atoms with Gasteiger partial charge in [0.2, 0.25) is 5.91 Å². The molecular formula is C32H53NO11. The van der Waals surface area contributed by atoms with Crippen molar-refractivity contribution >= 4 is 5.91 Å². The summed E-state index contributed by atoms with van der Waals surface area (Å²) in [4.78, 5) is 17.4. The van der Waals surface area contributed by atoms with E-state index in [1.54, 1.807) is 27.2 Å². The van der Waals surface area contributed by atoms with Crippen LogP contribution in [0.1, 0.15) is 72.6 Å². The third kappa shape index (κ3) is 7.84. The fourth-order valence-corrected chi connectivity index (χ4v) is 7.13. The van der Waals surface area contributed by atoms with Crippen LogP contribution < -0.4 is 0 Å². The predicted molar refractivity (Wildman–Crippen MR) is 157 cm³/mol. The van der Waals surface area contributed by atoms with E-state index >= 15 is 0 Å². The number of ether oxygens (including phenoxy) is 8. The van der Waals surface area contributed by atoms with E-state index in [0.717, 1.165) is 6.42 Å². The summed E-state index contributed by atoms with van der Waals surface area (Å²) in [7, 11) is 4.64. The summed E-state index contributed by atoms with van der Waals surface area (Å²) in [6, 6.07) is 0. The van der Waals surface area contributed by atoms with E-state index < -0.39 is 23.1 Å². The molecule has 0 aliphatic carbocycles. The molecule has 5 aliphatic rings. The van der Waals surface area contributed by atoms with Crippen molar-refractivity contribution in [3.63, 3.8) is 0 Å². The first kappa shape index (κ1) is 34.2. The SMILES string of the molecule is COCO[C@H]1C[C@@H](CC2COC(C)(C)OC2)O[C@@H]2C[C@@H]3O[C@@H]4C=C[C@](C)(O)[C@@H](CCC(=O)N(C)OC)O[C@H]4CC[C@@]3(C)O[C@@H]12. The van der Waals surface area contributed by atoms with Gasteiger partial charge < -0.3 is 43.0 Å². The minimum atomic E-state index is -1.26. The molecule has 12 heteroatoms. The number of fused-ring (bicyclic) bond motifs is 3. The normalized spacial score (nSPS) is 42.4. The summed E-state index contributed by atoms with van der Waals surface area (Å²) in [5.41, 5.74) is -1.84. The molecule has 0 aromatic heterocycles. The van der Waals surface area contributed by atoms with Crippen LogP contribution in [0.3, 0.4) is 0 Å². The van der Waals surface area contributed by atoms with Gasteiger partial charge in [-0.1, -0.05) is 12.2 Å². The molecule has 0 unspecified atom stereocenters. The minimum absolute atomic E-state index is 0.0418. The number of amides is 1. The zero-order valence-electron chi connectivity index (χ0n) is 27.4. The Hall–Kier alpha value is -1.19. The lowest BCUT2D eigenvalue weighted by Crippen LogP contribution is -2.63. The molecule has 4 fully saturated rings. The van der Waals surface area contributed by atoms with Crippen LogP contribution in [-0.4, -0.2) is 123 Å². The van der Waals surface area contributed by atoms with E-state index in [0.29, 0.717) is 45.3 Å². The highest BCUT2D eigenvalue weighted by atomic mass is 16.7. The lowest BCUT2D eigenvalue weighted by atomic mass is 9.81. The van der Waals surface area contributed by atoms with Crippen molar-refractivity contribution in [3.8, 4) is 0 Å². The average Bonchev–Trinajstić information content (AvgIpc) is 3.19. The zero-order chi connectivity index (χ0) is 31.7. The highest BCUT2D eigenvalue weighted by Gasteiger charge is 2.55. The second-order valence-corrected chi connectivity index (χ2v) is 13.9. The Kier molecular flexibility index (Phi) is 10.8. The topological polar surface area (TPSA) is 124 Å². The highest BCUT2D eigenvalue weighted by Crippen LogP contribution is 2.45. The van der Waals surface area contributed by atoms with E-state index in [2.05, 4.69) is 6.92 Å². The molecule has 0 aromatic rings. The number of hydrogen-bond donors (Lipinski definition) is 1. The number of hydrogen-bond acceptors (Lipinski definition) is 11. The zero-order valence-corrected chi connectivity index (χ0v) is 27.4. The van der Waals surface area contributed by atoms with Gasteiger partial charge in [0.25, 0.3) is 0 Å². The molecule has 1 amide bonds. The van der Waals surface area contributed by atoms with Crippen molar-refractivity contribution in [1.29, 1.82) is 0 Å². The highest BCUT2D eigenvalue weighted by molar-refractivity contribution is 5.74. The number of nitrogens with zero attached hydrogens (tertiary/aromatic N) is 1. The quantitative estimate of drug-likeness (QED) is 0.231. The number of carbonyl (C=O) groups excluding carboxylic acids is 1. The molecule has 4 saturated heterocycles. The largest absolute Gasteiger partial charge is 0.383 e. The molecule has 1 N–H and O–H groups in total. The van der Waals surface area contributed by atoms with Crippen molar-refractivity contribution in [3.05, 3.63) is 12.2 Å². The van der Waals surface area contributed by atoms with Crippen LogP contribution in [0.5, 0.6) is 0 Å². The minimum Gasteiger partial charge on any atom is -0.383 e. The third-order valence-electron chi connectivity index (χ3n) is 9.93. The van der Waals surface area contributed by atoms with Crippen LogP contribution in [0.4, 0.5) is 0 Å². The van der Waals surface area contributed by atoms with Gasteiger partial charge in [-0.2, -0.15) is 0 Å². The molecule has 12 nitrogen and oxygen atoms in total. The van der Waals surface area contributed by atoms with E-state index in [4.69, 9.17) is 42.7 Å². The van der Waals surface area contributed by atoms with Crippen LogP contribution in [0.2, 0.25) is 0 Å². The summed E-state index contributed by atoms with van der Waals surface area (Å²) >= 11 is 0. The standard InChI is InChI=1S/C32H53NO11/c1-30(2)39-17-20(18-40-30)14-21-15-24(38-19-36-6)29-25(41-21)16-27-32(4,44-29)13-11-23-22(43-27)10-12-31(3,35)26(42-23)8-9-28(34)33(5)37-7/h10,12,20-27,29,35H,8-9,11,13-19H2,1-7H3/t21-,22-,23+,24+,25-,26-,27+,29+,31+,32-/m1/s1. The molecule has 0 spiro atoms. The van der Waals surface area contributed by atoms with E-state index in [1.165, 1.54) is 12.2 Å². The van der Waals surface area contributed by atoms with Gasteiger partial charge in [0.15, 0.2) is 5.79 Å². The van der Waals surface area contributed by atoms with Gasteiger partial charge in [-0.05, 0) is 53.4 Å². The maximum atomic E-state index is 12.4. The number of rotatable bonds is 9. The first-order valence-electron chi connectivity index (χ1n) is 16.1. The summed E-state index contributed by atoms with van der Waals surface area (Å²) < 4.78 is 50.2. The Bertz CT molecular complexity index is 997. The fourth-order valence-electron chi connectivity index (χ4n) is 7.13. The van der Waals surface area contributed by atoms with Crippen LogP contribution in [0, 0.1) is 5.92 Å². The van der Waals surface area contributed by atoms with Gasteiger partial charge in [-0.3, -0.25) is 9.63 Å². The van der Waals surface area contributed by atoms with Crippen molar-refractivity contribution < 1.29 is 52.6 Å². The first-order chi connectivity index (χ1) is 20.8. The molecule has 5 rings (SSSR count). The van der Waals surface area contributed by atoms with Crippen molar-refractivity contribution in [2.75, 3.05) is 41.3 Å². The van der Waals surface area contributed by atoms with E-state index in [9.17, 15) is 9.90 Å². The van der Waals surface area contributed by atoms with Gasteiger partial charge in [0.05, 0.1) is 62.5 Å². The molecule has 0 saturated carbocycles. The van der Waals surface area contributed by atoms with Crippen LogP contribution in [-0.2, 0) is 47.5 Å². The molecule has 0 aromatic carbocycles. The van der Waals surface area contributed by atoms with Gasteiger partial charge in [-0.15, -0.1) is 0 Å². The Balaban J connectivity index is 1.28. The lowest BCUT2D eigenvalue weighted by molar-refractivity contribution is -0.305. The summed E-state index contributed by atoms with van der Waals surface area (Å²) in [6.45, 7) is 9.12. The predicted octanol–water partition coefficient (Wildman–Crippen LogP) is 2.89. The maximum Gasteiger partial charge on any atom is 0.245 e. The number of carbonyl (C=O) groups is 1. The first-order valence-corrected chi connectivity index (χ1v) is 16.1. The Labute approximate surface area is 261 Å². The lowest BCUT2D eigenvalue weighted by Gasteiger charge is -2.52. The number of methoxy groups -OCH3 is 1. The molecule has 0 radical (unpaired) electrons. The number of aliphatic hydroxyl groups is 1. The molecule has 0 bridgehead atoms. The smallest absolute Gasteiger partial charge is 0.245 e. The van der Waals surface area contributed by atoms with E-state index in [-0.39, 0.29) is 67.8 Å². The Morgan fingerprint density at radius 2 is 1.80 bits per heavy atom. The third-order valence-corrected chi connectivity index (χ3v) is 9.93. The molecule has 10 atom stereocenters. The molecule has 5 heterocycles. The monoisotopic (exact) mass is 627 g/mol. The number of hydroxylamine groups is 2. The summed E-state index contributed by atoms with van der Waals surface area (Å²) in [5.74, 6) is -0.507. The molecular weight excluding hydrogens is 574 g/mol. The van der Waals surface area contributed by atoms with Crippen molar-refractivity contribution in [2.24, 2.45) is 5.92 Å². The van der Waals surface area contributed by atoms with Gasteiger partial charge >= 0.3 is 0 Å². The summed E-state index contributed by atoms with van der Waals surface area (Å²) in [6.07, 6.45) is 5.44. The second kappa shape index (κ2) is 13.9. The molecule has 5 aliphatic heterocycles. The molecule has 252 valence electrons. The van der Waals surface area contributed by atoms with Gasteiger partial charge in [0.1, 0.15) is 24.6 Å². The van der Waals surface area contributed by atoms with Crippen LogP contribution in [0.25, 0.3) is 0 Å². The Morgan fingerprint density at radius 3 is 2.50 bits per heavy atom. The second-order valence-electron chi connectivity index (χ2n) is 13.9. The van der Waals surface area contributed by atoms with Crippen molar-refractivity contribution in [2.45, 2.75) is 138 Å². The van der Waals surface area contributed by atoms with Crippen LogP contribution >= 0.6 is 0 Å². The van der Waals surface area contributed by atoms with Gasteiger partial charge in [-0.25, -0.2) is 5.06 Å². The maximum absolute atomic E-state index is 12.4. The molecule has 44 heavy (non-hydrogen) atoms. The summed E-state index contributed by atoms with van der Waals surface area (Å²) in [5, 5.41) is 12.4. The Morgan fingerprint density at radius 1 is 1.05 bits per heavy atom. The van der Waals surface area contributed by atoms with Gasteiger partial charge in [0, 0.05) is 39.3 Å². The van der Waals surface area contributed by atoms with Crippen molar-refractivity contribution in [1.82, 2.24) is 5.06 Å². The fraction of sp³-hybridized carbons (Fsp3) is 0.906. The van der Waals surface area contributed by atoms with E-state index in [1.807, 2.05) is 19.9 Å².